The second-order valence-electron chi connectivity index (χ2n) is 3.63. The fourth-order valence-electron chi connectivity index (χ4n) is 1.25. The van der Waals surface area contributed by atoms with E-state index in [4.69, 9.17) is 5.84 Å². The highest BCUT2D eigenvalue weighted by Crippen LogP contribution is 2.18. The Hall–Kier alpha value is -2.02. The Bertz CT molecular complexity index is 463. The van der Waals surface area contributed by atoms with Crippen LogP contribution in [0.1, 0.15) is 25.5 Å². The van der Waals surface area contributed by atoms with Gasteiger partial charge in [-0.1, -0.05) is 13.8 Å². The number of H-pyrrole nitrogens is 1. The maximum Gasteiger partial charge on any atom is 0.199 e. The monoisotopic (exact) mass is 219 g/mol. The van der Waals surface area contributed by atoms with Crippen LogP contribution in [0.15, 0.2) is 12.4 Å². The van der Waals surface area contributed by atoms with E-state index in [1.165, 1.54) is 6.33 Å². The van der Waals surface area contributed by atoms with Crippen LogP contribution in [0, 0.1) is 0 Å². The molecule has 0 saturated heterocycles. The number of nitrogens with one attached hydrogen (secondary N) is 2. The zero-order valence-electron chi connectivity index (χ0n) is 9.10. The lowest BCUT2D eigenvalue weighted by Crippen LogP contribution is -2.11. The van der Waals surface area contributed by atoms with Crippen LogP contribution in [0.2, 0.25) is 0 Å². The number of hydrogen-bond acceptors (Lipinski definition) is 6. The maximum absolute atomic E-state index is 5.35. The van der Waals surface area contributed by atoms with Crippen LogP contribution in [0.5, 0.6) is 0 Å². The summed E-state index contributed by atoms with van der Waals surface area (Å²) in [5, 5.41) is 6.48. The first-order valence-electron chi connectivity index (χ1n) is 4.92. The zero-order valence-corrected chi connectivity index (χ0v) is 9.10. The second-order valence-corrected chi connectivity index (χ2v) is 3.63. The average molecular weight is 219 g/mol. The summed E-state index contributed by atoms with van der Waals surface area (Å²) in [5.74, 6) is 7.21. The number of nitrogens with zero attached hydrogens (tertiary/aromatic N) is 4. The number of aromatic amines is 1. The molecule has 0 aliphatic rings. The van der Waals surface area contributed by atoms with E-state index in [1.54, 1.807) is 0 Å². The third-order valence-electron chi connectivity index (χ3n) is 2.11. The van der Waals surface area contributed by atoms with Crippen molar-refractivity contribution < 1.29 is 0 Å². The highest BCUT2D eigenvalue weighted by molar-refractivity contribution is 5.48. The van der Waals surface area contributed by atoms with Crippen LogP contribution in [-0.4, -0.2) is 25.1 Å². The summed E-state index contributed by atoms with van der Waals surface area (Å²) in [7, 11) is 0. The smallest absolute Gasteiger partial charge is 0.199 e. The molecule has 0 spiro atoms. The minimum Gasteiger partial charge on any atom is -0.308 e. The molecule has 0 saturated carbocycles. The van der Waals surface area contributed by atoms with Gasteiger partial charge in [0.15, 0.2) is 11.6 Å². The molecule has 2 aromatic rings. The average Bonchev–Trinajstić information content (AvgIpc) is 2.81. The van der Waals surface area contributed by atoms with E-state index in [2.05, 4.69) is 30.6 Å². The zero-order chi connectivity index (χ0) is 11.5. The van der Waals surface area contributed by atoms with Crippen molar-refractivity contribution in [2.24, 2.45) is 5.84 Å². The van der Waals surface area contributed by atoms with Crippen molar-refractivity contribution in [3.8, 4) is 11.6 Å². The molecule has 0 amide bonds. The molecule has 0 aromatic carbocycles. The van der Waals surface area contributed by atoms with Crippen molar-refractivity contribution in [1.82, 2.24) is 25.1 Å². The number of aromatic nitrogens is 5. The molecular weight excluding hydrogens is 206 g/mol. The Kier molecular flexibility index (Phi) is 2.78. The fraction of sp³-hybridized carbons (Fsp3) is 0.333. The van der Waals surface area contributed by atoms with Crippen molar-refractivity contribution in [2.75, 3.05) is 5.43 Å². The Balaban J connectivity index is 2.49. The molecular formula is C9H13N7. The van der Waals surface area contributed by atoms with Gasteiger partial charge in [0, 0.05) is 11.8 Å². The van der Waals surface area contributed by atoms with Crippen LogP contribution < -0.4 is 11.3 Å². The Labute approximate surface area is 92.5 Å². The topological polar surface area (TPSA) is 105 Å². The summed E-state index contributed by atoms with van der Waals surface area (Å²) in [6.45, 7) is 4.10. The third kappa shape index (κ3) is 1.98. The van der Waals surface area contributed by atoms with Gasteiger partial charge in [0.05, 0.1) is 0 Å². The van der Waals surface area contributed by atoms with Gasteiger partial charge in [-0.05, 0) is 5.92 Å². The number of anilines is 1. The van der Waals surface area contributed by atoms with Gasteiger partial charge in [0.1, 0.15) is 12.1 Å². The van der Waals surface area contributed by atoms with E-state index in [0.717, 1.165) is 5.69 Å². The molecule has 84 valence electrons. The highest BCUT2D eigenvalue weighted by atomic mass is 15.3. The summed E-state index contributed by atoms with van der Waals surface area (Å²) in [4.78, 5) is 12.6. The van der Waals surface area contributed by atoms with Crippen LogP contribution in [0.3, 0.4) is 0 Å². The van der Waals surface area contributed by atoms with E-state index in [1.807, 2.05) is 19.9 Å². The predicted octanol–water partition coefficient (Wildman–Crippen LogP) is 0.671. The van der Waals surface area contributed by atoms with E-state index < -0.39 is 0 Å². The van der Waals surface area contributed by atoms with Gasteiger partial charge < -0.3 is 5.43 Å². The lowest BCUT2D eigenvalue weighted by Gasteiger charge is -2.08. The molecule has 4 N–H and O–H groups in total. The number of hydrogen-bond donors (Lipinski definition) is 3. The van der Waals surface area contributed by atoms with E-state index >= 15 is 0 Å². The molecule has 0 atom stereocenters. The molecule has 2 heterocycles. The first-order chi connectivity index (χ1) is 7.70. The SMILES string of the molecule is CC(C)c1cc(NN)nc(-c2ncn[nH]2)n1. The van der Waals surface area contributed by atoms with Gasteiger partial charge in [-0.25, -0.2) is 20.8 Å². The quantitative estimate of drug-likeness (QED) is 0.517. The fourth-order valence-corrected chi connectivity index (χ4v) is 1.25. The van der Waals surface area contributed by atoms with E-state index in [9.17, 15) is 0 Å². The van der Waals surface area contributed by atoms with Crippen LogP contribution in [0.4, 0.5) is 5.82 Å². The van der Waals surface area contributed by atoms with Gasteiger partial charge >= 0.3 is 0 Å². The molecule has 0 radical (unpaired) electrons. The summed E-state index contributed by atoms with van der Waals surface area (Å²) < 4.78 is 0. The number of rotatable bonds is 3. The molecule has 16 heavy (non-hydrogen) atoms. The van der Waals surface area contributed by atoms with Crippen LogP contribution >= 0.6 is 0 Å². The molecule has 0 bridgehead atoms. The summed E-state index contributed by atoms with van der Waals surface area (Å²) >= 11 is 0. The lowest BCUT2D eigenvalue weighted by molar-refractivity contribution is 0.815. The second kappa shape index (κ2) is 4.23. The first-order valence-corrected chi connectivity index (χ1v) is 4.92. The first kappa shape index (κ1) is 10.5. The number of nitrogen functional groups attached to an aromatic ring is 1. The Morgan fingerprint density at radius 3 is 2.75 bits per heavy atom. The largest absolute Gasteiger partial charge is 0.308 e. The maximum atomic E-state index is 5.35. The standard InChI is InChI=1S/C9H13N7/c1-5(2)6-3-7(15-10)14-9(13-6)8-11-4-12-16-8/h3-5H,10H2,1-2H3,(H,11,12,16)(H,13,14,15). The van der Waals surface area contributed by atoms with Crippen molar-refractivity contribution in [2.45, 2.75) is 19.8 Å². The summed E-state index contributed by atoms with van der Waals surface area (Å²) in [6, 6.07) is 1.81. The minimum atomic E-state index is 0.289. The molecule has 0 aliphatic heterocycles. The van der Waals surface area contributed by atoms with Gasteiger partial charge in [-0.2, -0.15) is 5.10 Å². The Morgan fingerprint density at radius 1 is 1.38 bits per heavy atom. The summed E-state index contributed by atoms with van der Waals surface area (Å²) in [6.07, 6.45) is 1.41. The summed E-state index contributed by atoms with van der Waals surface area (Å²) in [5.41, 5.74) is 3.41. The predicted molar refractivity (Wildman–Crippen MR) is 59.3 cm³/mol. The molecule has 0 aliphatic carbocycles. The van der Waals surface area contributed by atoms with E-state index in [-0.39, 0.29) is 5.92 Å². The molecule has 7 heteroatoms. The molecule has 7 nitrogen and oxygen atoms in total. The normalized spacial score (nSPS) is 10.8. The highest BCUT2D eigenvalue weighted by Gasteiger charge is 2.10. The molecule has 0 unspecified atom stereocenters. The number of hydrazine groups is 1. The van der Waals surface area contributed by atoms with Crippen molar-refractivity contribution in [1.29, 1.82) is 0 Å². The Morgan fingerprint density at radius 2 is 2.19 bits per heavy atom. The molecule has 2 aromatic heterocycles. The van der Waals surface area contributed by atoms with Gasteiger partial charge in [0.25, 0.3) is 0 Å². The van der Waals surface area contributed by atoms with Crippen LogP contribution in [-0.2, 0) is 0 Å². The van der Waals surface area contributed by atoms with Crippen molar-refractivity contribution >= 4 is 5.82 Å². The van der Waals surface area contributed by atoms with Crippen molar-refractivity contribution in [3.63, 3.8) is 0 Å². The van der Waals surface area contributed by atoms with Crippen molar-refractivity contribution in [3.05, 3.63) is 18.1 Å². The van der Waals surface area contributed by atoms with Gasteiger partial charge in [0.2, 0.25) is 0 Å². The minimum absolute atomic E-state index is 0.289. The van der Waals surface area contributed by atoms with Crippen LogP contribution in [0.25, 0.3) is 11.6 Å². The lowest BCUT2D eigenvalue weighted by atomic mass is 10.1. The number of nitrogens with two attached hydrogens (primary N) is 1. The van der Waals surface area contributed by atoms with Gasteiger partial charge in [-0.15, -0.1) is 0 Å². The van der Waals surface area contributed by atoms with Gasteiger partial charge in [-0.3, -0.25) is 5.10 Å². The molecule has 0 fully saturated rings. The van der Waals surface area contributed by atoms with E-state index in [0.29, 0.717) is 17.5 Å². The third-order valence-corrected chi connectivity index (χ3v) is 2.11. The molecule has 2 rings (SSSR count).